The van der Waals surface area contributed by atoms with Crippen LogP contribution in [0.3, 0.4) is 0 Å². The molecule has 0 spiro atoms. The van der Waals surface area contributed by atoms with Crippen molar-refractivity contribution in [1.29, 1.82) is 0 Å². The van der Waals surface area contributed by atoms with Crippen molar-refractivity contribution in [1.82, 2.24) is 14.3 Å². The summed E-state index contributed by atoms with van der Waals surface area (Å²) < 4.78 is 30.0. The maximum atomic E-state index is 13.2. The fourth-order valence-corrected chi connectivity index (χ4v) is 6.17. The van der Waals surface area contributed by atoms with Crippen LogP contribution in [0, 0.1) is 0 Å². The fourth-order valence-electron chi connectivity index (χ4n) is 5.18. The summed E-state index contributed by atoms with van der Waals surface area (Å²) in [6.07, 6.45) is 4.09. The molecule has 0 unspecified atom stereocenters. The first-order valence-corrected chi connectivity index (χ1v) is 16.4. The summed E-state index contributed by atoms with van der Waals surface area (Å²) in [5.74, 6) is 0.248. The third kappa shape index (κ3) is 6.89. The van der Waals surface area contributed by atoms with Gasteiger partial charge in [0.2, 0.25) is 5.91 Å². The SMILES string of the molecule is CCCCc1nc2c(NC(=O)CCC)cccc2n1Cc1ccc(-c2ccccc2C(=O)NS(=O)(=O)c2ccccc2)cc1. The molecule has 226 valence electrons. The van der Waals surface area contributed by atoms with Crippen LogP contribution in [0.25, 0.3) is 22.2 Å². The molecule has 9 heteroatoms. The highest BCUT2D eigenvalue weighted by atomic mass is 32.2. The number of imidazole rings is 1. The molecule has 0 saturated heterocycles. The molecule has 5 rings (SSSR count). The first-order chi connectivity index (χ1) is 21.3. The van der Waals surface area contributed by atoms with Gasteiger partial charge in [-0.1, -0.05) is 87.0 Å². The van der Waals surface area contributed by atoms with Gasteiger partial charge in [-0.05, 0) is 59.9 Å². The van der Waals surface area contributed by atoms with Crippen molar-refractivity contribution in [2.75, 3.05) is 5.32 Å². The first-order valence-electron chi connectivity index (χ1n) is 14.9. The van der Waals surface area contributed by atoms with E-state index in [9.17, 15) is 18.0 Å². The lowest BCUT2D eigenvalue weighted by Gasteiger charge is -2.13. The van der Waals surface area contributed by atoms with Crippen molar-refractivity contribution >= 4 is 38.6 Å². The molecule has 2 N–H and O–H groups in total. The van der Waals surface area contributed by atoms with Crippen LogP contribution in [0.15, 0.2) is 102 Å². The van der Waals surface area contributed by atoms with Gasteiger partial charge in [0, 0.05) is 24.9 Å². The average Bonchev–Trinajstić information content (AvgIpc) is 3.38. The molecule has 0 aliphatic heterocycles. The second kappa shape index (κ2) is 13.7. The number of nitrogens with zero attached hydrogens (tertiary/aromatic N) is 2. The number of amides is 2. The van der Waals surface area contributed by atoms with Crippen molar-refractivity contribution in [3.8, 4) is 11.1 Å². The topological polar surface area (TPSA) is 110 Å². The van der Waals surface area contributed by atoms with Crippen molar-refractivity contribution in [3.05, 3.63) is 114 Å². The molecule has 1 heterocycles. The van der Waals surface area contributed by atoms with E-state index in [1.165, 1.54) is 12.1 Å². The van der Waals surface area contributed by atoms with Crippen LogP contribution in [0.4, 0.5) is 5.69 Å². The molecule has 0 radical (unpaired) electrons. The number of anilines is 1. The van der Waals surface area contributed by atoms with E-state index in [1.54, 1.807) is 36.4 Å². The number of hydrogen-bond donors (Lipinski definition) is 2. The Morgan fingerprint density at radius 1 is 0.818 bits per heavy atom. The normalized spacial score (nSPS) is 11.4. The van der Waals surface area contributed by atoms with E-state index in [2.05, 4.69) is 21.5 Å². The number of benzene rings is 4. The lowest BCUT2D eigenvalue weighted by Crippen LogP contribution is -2.30. The summed E-state index contributed by atoms with van der Waals surface area (Å²) >= 11 is 0. The first kappa shape index (κ1) is 30.7. The number of carbonyl (C=O) groups excluding carboxylic acids is 2. The number of carbonyl (C=O) groups is 2. The van der Waals surface area contributed by atoms with E-state index in [0.717, 1.165) is 59.4 Å². The zero-order valence-electron chi connectivity index (χ0n) is 24.9. The molecule has 0 saturated carbocycles. The summed E-state index contributed by atoms with van der Waals surface area (Å²) in [7, 11) is -4.02. The van der Waals surface area contributed by atoms with Gasteiger partial charge in [0.05, 0.1) is 16.1 Å². The lowest BCUT2D eigenvalue weighted by molar-refractivity contribution is -0.116. The Morgan fingerprint density at radius 3 is 2.27 bits per heavy atom. The highest BCUT2D eigenvalue weighted by Crippen LogP contribution is 2.28. The van der Waals surface area contributed by atoms with Crippen molar-refractivity contribution < 1.29 is 18.0 Å². The van der Waals surface area contributed by atoms with E-state index in [0.29, 0.717) is 18.5 Å². The largest absolute Gasteiger partial charge is 0.324 e. The second-order valence-electron chi connectivity index (χ2n) is 10.7. The molecule has 1 aromatic heterocycles. The minimum Gasteiger partial charge on any atom is -0.324 e. The van der Waals surface area contributed by atoms with Crippen molar-refractivity contribution in [2.45, 2.75) is 57.4 Å². The predicted octanol–water partition coefficient (Wildman–Crippen LogP) is 6.95. The molecule has 5 aromatic rings. The van der Waals surface area contributed by atoms with Gasteiger partial charge in [0.1, 0.15) is 11.3 Å². The number of unbranched alkanes of at least 4 members (excludes halogenated alkanes) is 1. The third-order valence-electron chi connectivity index (χ3n) is 7.42. The zero-order chi connectivity index (χ0) is 31.1. The predicted molar refractivity (Wildman–Crippen MR) is 174 cm³/mol. The Morgan fingerprint density at radius 2 is 1.55 bits per heavy atom. The molecule has 4 aromatic carbocycles. The Bertz CT molecular complexity index is 1880. The maximum absolute atomic E-state index is 13.2. The Balaban J connectivity index is 1.42. The van der Waals surface area contributed by atoms with E-state index in [-0.39, 0.29) is 16.4 Å². The Labute approximate surface area is 258 Å². The minimum absolute atomic E-state index is 0.0214. The van der Waals surface area contributed by atoms with Gasteiger partial charge in [0.25, 0.3) is 15.9 Å². The molecule has 44 heavy (non-hydrogen) atoms. The number of aryl methyl sites for hydroxylation is 1. The zero-order valence-corrected chi connectivity index (χ0v) is 25.7. The van der Waals surface area contributed by atoms with Crippen LogP contribution < -0.4 is 10.0 Å². The third-order valence-corrected chi connectivity index (χ3v) is 8.77. The number of nitrogens with one attached hydrogen (secondary N) is 2. The fraction of sp³-hybridized carbons (Fsp3) is 0.229. The molecule has 0 atom stereocenters. The Hall–Kier alpha value is -4.76. The van der Waals surface area contributed by atoms with Gasteiger partial charge in [0.15, 0.2) is 0 Å². The lowest BCUT2D eigenvalue weighted by atomic mass is 9.98. The van der Waals surface area contributed by atoms with Gasteiger partial charge >= 0.3 is 0 Å². The van der Waals surface area contributed by atoms with Gasteiger partial charge in [-0.2, -0.15) is 0 Å². The van der Waals surface area contributed by atoms with E-state index in [1.807, 2.05) is 55.5 Å². The summed E-state index contributed by atoms with van der Waals surface area (Å²) in [6.45, 7) is 4.71. The Kier molecular flexibility index (Phi) is 9.55. The second-order valence-corrected chi connectivity index (χ2v) is 12.4. The van der Waals surface area contributed by atoms with Crippen LogP contribution in [0.2, 0.25) is 0 Å². The number of para-hydroxylation sites is 1. The van der Waals surface area contributed by atoms with E-state index >= 15 is 0 Å². The van der Waals surface area contributed by atoms with E-state index < -0.39 is 15.9 Å². The van der Waals surface area contributed by atoms with Crippen LogP contribution in [-0.4, -0.2) is 29.8 Å². The summed E-state index contributed by atoms with van der Waals surface area (Å²) in [6, 6.07) is 28.5. The molecular weight excluding hydrogens is 572 g/mol. The molecular formula is C35H36N4O4S. The molecule has 0 bridgehead atoms. The quantitative estimate of drug-likeness (QED) is 0.159. The summed E-state index contributed by atoms with van der Waals surface area (Å²) in [5, 5.41) is 3.02. The van der Waals surface area contributed by atoms with E-state index in [4.69, 9.17) is 4.98 Å². The number of fused-ring (bicyclic) bond motifs is 1. The molecule has 2 amide bonds. The minimum atomic E-state index is -4.02. The van der Waals surface area contributed by atoms with Gasteiger partial charge in [-0.25, -0.2) is 18.1 Å². The van der Waals surface area contributed by atoms with Crippen LogP contribution in [0.5, 0.6) is 0 Å². The molecule has 0 aliphatic rings. The van der Waals surface area contributed by atoms with Gasteiger partial charge in [-0.3, -0.25) is 9.59 Å². The van der Waals surface area contributed by atoms with Gasteiger partial charge < -0.3 is 9.88 Å². The molecule has 0 aliphatic carbocycles. The van der Waals surface area contributed by atoms with Crippen LogP contribution in [0.1, 0.15) is 61.3 Å². The van der Waals surface area contributed by atoms with Crippen molar-refractivity contribution in [3.63, 3.8) is 0 Å². The monoisotopic (exact) mass is 608 g/mol. The van der Waals surface area contributed by atoms with Crippen LogP contribution >= 0.6 is 0 Å². The number of rotatable bonds is 12. The molecule has 0 fully saturated rings. The van der Waals surface area contributed by atoms with Crippen molar-refractivity contribution in [2.24, 2.45) is 0 Å². The number of aromatic nitrogens is 2. The number of hydrogen-bond acceptors (Lipinski definition) is 5. The highest BCUT2D eigenvalue weighted by Gasteiger charge is 2.21. The molecule has 8 nitrogen and oxygen atoms in total. The smallest absolute Gasteiger partial charge is 0.265 e. The average molecular weight is 609 g/mol. The standard InChI is InChI=1S/C35H36N4O4S/c1-3-5-19-32-37-34-30(36-33(40)12-4-2)17-11-18-31(34)39(32)24-25-20-22-26(23-21-25)28-15-9-10-16-29(28)35(41)38-44(42,43)27-13-7-6-8-14-27/h6-11,13-18,20-23H,3-5,12,19,24H2,1-2H3,(H,36,40)(H,38,41). The van der Waals surface area contributed by atoms with Crippen LogP contribution in [-0.2, 0) is 27.8 Å². The maximum Gasteiger partial charge on any atom is 0.265 e. The summed E-state index contributed by atoms with van der Waals surface area (Å²) in [5.41, 5.74) is 5.18. The van der Waals surface area contributed by atoms with Gasteiger partial charge in [-0.15, -0.1) is 0 Å². The highest BCUT2D eigenvalue weighted by molar-refractivity contribution is 7.90. The number of sulfonamides is 1. The summed E-state index contributed by atoms with van der Waals surface area (Å²) in [4.78, 5) is 30.5.